The minimum absolute atomic E-state index is 0.00463. The Kier molecular flexibility index (Phi) is 4.58. The van der Waals surface area contributed by atoms with Crippen LogP contribution in [-0.4, -0.2) is 22.8 Å². The molecule has 0 unspecified atom stereocenters. The first kappa shape index (κ1) is 16.6. The van der Waals surface area contributed by atoms with E-state index in [9.17, 15) is 9.59 Å². The van der Waals surface area contributed by atoms with Crippen molar-refractivity contribution in [3.63, 3.8) is 0 Å². The predicted octanol–water partition coefficient (Wildman–Crippen LogP) is 4.40. The average molecular weight is 366 g/mol. The van der Waals surface area contributed by atoms with Gasteiger partial charge in [0.05, 0.1) is 12.8 Å². The fourth-order valence-corrected chi connectivity index (χ4v) is 3.52. The maximum absolute atomic E-state index is 13.0. The largest absolute Gasteiger partial charge is 0.459 e. The number of nitrogens with one attached hydrogen (secondary N) is 1. The lowest BCUT2D eigenvalue weighted by Gasteiger charge is -2.22. The number of amides is 2. The number of carbonyl (C=O) groups is 2. The van der Waals surface area contributed by atoms with Crippen molar-refractivity contribution in [3.05, 3.63) is 76.4 Å². The van der Waals surface area contributed by atoms with Crippen LogP contribution in [0.2, 0.25) is 0 Å². The van der Waals surface area contributed by atoms with Crippen molar-refractivity contribution in [2.45, 2.75) is 25.4 Å². The molecule has 0 atom stereocenters. The molecule has 2 heterocycles. The standard InChI is InChI=1S/C20H18N2O3S/c23-19(18-7-2-10-25-18)21-15-5-1-4-14(12-15)20(24)22(16-8-9-16)13-17-6-3-11-26-17/h1-7,10-12,16H,8-9,13H2,(H,21,23). The van der Waals surface area contributed by atoms with Gasteiger partial charge in [0.25, 0.3) is 11.8 Å². The van der Waals surface area contributed by atoms with Crippen LogP contribution in [0, 0.1) is 0 Å². The summed E-state index contributed by atoms with van der Waals surface area (Å²) in [4.78, 5) is 28.2. The van der Waals surface area contributed by atoms with Gasteiger partial charge in [0.1, 0.15) is 0 Å². The molecule has 2 amide bonds. The summed E-state index contributed by atoms with van der Waals surface area (Å²) in [5.41, 5.74) is 1.15. The highest BCUT2D eigenvalue weighted by Crippen LogP contribution is 2.31. The van der Waals surface area contributed by atoms with E-state index in [1.807, 2.05) is 22.4 Å². The van der Waals surface area contributed by atoms with Gasteiger partial charge < -0.3 is 14.6 Å². The van der Waals surface area contributed by atoms with Crippen molar-refractivity contribution < 1.29 is 14.0 Å². The first-order valence-corrected chi connectivity index (χ1v) is 9.37. The molecule has 0 bridgehead atoms. The number of thiophene rings is 1. The van der Waals surface area contributed by atoms with Gasteiger partial charge in [-0.15, -0.1) is 11.3 Å². The maximum atomic E-state index is 13.0. The Bertz CT molecular complexity index is 899. The molecule has 1 aliphatic carbocycles. The Balaban J connectivity index is 1.51. The molecule has 5 nitrogen and oxygen atoms in total. The molecule has 0 spiro atoms. The highest BCUT2D eigenvalue weighted by atomic mass is 32.1. The van der Waals surface area contributed by atoms with Crippen LogP contribution < -0.4 is 5.32 Å². The number of carbonyl (C=O) groups excluding carboxylic acids is 2. The van der Waals surface area contributed by atoms with Gasteiger partial charge in [0, 0.05) is 22.2 Å². The lowest BCUT2D eigenvalue weighted by Crippen LogP contribution is -2.32. The molecule has 6 heteroatoms. The molecule has 0 aliphatic heterocycles. The van der Waals surface area contributed by atoms with Crippen LogP contribution in [0.15, 0.2) is 64.6 Å². The van der Waals surface area contributed by atoms with Gasteiger partial charge in [-0.1, -0.05) is 12.1 Å². The van der Waals surface area contributed by atoms with Gasteiger partial charge in [-0.2, -0.15) is 0 Å². The second-order valence-electron chi connectivity index (χ2n) is 6.26. The molecule has 2 aromatic heterocycles. The smallest absolute Gasteiger partial charge is 0.291 e. The topological polar surface area (TPSA) is 62.6 Å². The second kappa shape index (κ2) is 7.17. The van der Waals surface area contributed by atoms with Crippen molar-refractivity contribution in [2.75, 3.05) is 5.32 Å². The normalized spacial score (nSPS) is 13.4. The molecular weight excluding hydrogens is 348 g/mol. The molecule has 1 saturated carbocycles. The molecule has 1 fully saturated rings. The minimum Gasteiger partial charge on any atom is -0.459 e. The Morgan fingerprint density at radius 2 is 2.04 bits per heavy atom. The summed E-state index contributed by atoms with van der Waals surface area (Å²) >= 11 is 1.66. The molecule has 1 N–H and O–H groups in total. The van der Waals surface area contributed by atoms with E-state index in [2.05, 4.69) is 5.32 Å². The van der Waals surface area contributed by atoms with E-state index >= 15 is 0 Å². The number of anilines is 1. The number of furan rings is 1. The van der Waals surface area contributed by atoms with Gasteiger partial charge in [-0.3, -0.25) is 9.59 Å². The van der Waals surface area contributed by atoms with Crippen LogP contribution in [0.25, 0.3) is 0 Å². The molecule has 1 aromatic carbocycles. The SMILES string of the molecule is O=C(Nc1cccc(C(=O)N(Cc2cccs2)C2CC2)c1)c1ccco1. The fourth-order valence-electron chi connectivity index (χ4n) is 2.82. The van der Waals surface area contributed by atoms with Crippen LogP contribution in [0.5, 0.6) is 0 Å². The summed E-state index contributed by atoms with van der Waals surface area (Å²) in [5, 5.41) is 4.79. The number of nitrogens with zero attached hydrogens (tertiary/aromatic N) is 1. The van der Waals surface area contributed by atoms with E-state index in [1.54, 1.807) is 47.7 Å². The molecule has 0 saturated heterocycles. The van der Waals surface area contributed by atoms with Crippen molar-refractivity contribution in [3.8, 4) is 0 Å². The number of hydrogen-bond donors (Lipinski definition) is 1. The summed E-state index contributed by atoms with van der Waals surface area (Å²) < 4.78 is 5.10. The zero-order valence-corrected chi connectivity index (χ0v) is 14.9. The van der Waals surface area contributed by atoms with Gasteiger partial charge in [0.15, 0.2) is 5.76 Å². The van der Waals surface area contributed by atoms with Gasteiger partial charge >= 0.3 is 0 Å². The van der Waals surface area contributed by atoms with Crippen LogP contribution in [-0.2, 0) is 6.54 Å². The van der Waals surface area contributed by atoms with E-state index in [0.29, 0.717) is 23.8 Å². The highest BCUT2D eigenvalue weighted by Gasteiger charge is 2.33. The predicted molar refractivity (Wildman–Crippen MR) is 100 cm³/mol. The zero-order chi connectivity index (χ0) is 17.9. The Hall–Kier alpha value is -2.86. The number of rotatable bonds is 6. The van der Waals surface area contributed by atoms with E-state index in [1.165, 1.54) is 11.1 Å². The third kappa shape index (κ3) is 3.70. The molecule has 1 aliphatic rings. The number of benzene rings is 1. The van der Waals surface area contributed by atoms with Crippen LogP contribution in [0.4, 0.5) is 5.69 Å². The van der Waals surface area contributed by atoms with E-state index < -0.39 is 0 Å². The fraction of sp³-hybridized carbons (Fsp3) is 0.200. The third-order valence-corrected chi connectivity index (χ3v) is 5.13. The monoisotopic (exact) mass is 366 g/mol. The summed E-state index contributed by atoms with van der Waals surface area (Å²) in [5.74, 6) is -0.105. The summed E-state index contributed by atoms with van der Waals surface area (Å²) in [6, 6.07) is 14.7. The van der Waals surface area contributed by atoms with Crippen molar-refractivity contribution >= 4 is 28.8 Å². The minimum atomic E-state index is -0.336. The Morgan fingerprint density at radius 3 is 2.73 bits per heavy atom. The van der Waals surface area contributed by atoms with Crippen LogP contribution in [0.1, 0.15) is 38.6 Å². The van der Waals surface area contributed by atoms with Crippen LogP contribution >= 0.6 is 11.3 Å². The lowest BCUT2D eigenvalue weighted by atomic mass is 10.1. The Labute approximate surface area is 155 Å². The van der Waals surface area contributed by atoms with Crippen molar-refractivity contribution in [2.24, 2.45) is 0 Å². The van der Waals surface area contributed by atoms with Gasteiger partial charge in [0.2, 0.25) is 0 Å². The van der Waals surface area contributed by atoms with Gasteiger partial charge in [-0.05, 0) is 54.6 Å². The van der Waals surface area contributed by atoms with E-state index in [4.69, 9.17) is 4.42 Å². The number of hydrogen-bond acceptors (Lipinski definition) is 4. The molecule has 26 heavy (non-hydrogen) atoms. The zero-order valence-electron chi connectivity index (χ0n) is 14.1. The molecule has 3 aromatic rings. The quantitative estimate of drug-likeness (QED) is 0.703. The van der Waals surface area contributed by atoms with Gasteiger partial charge in [-0.25, -0.2) is 0 Å². The Morgan fingerprint density at radius 1 is 1.15 bits per heavy atom. The van der Waals surface area contributed by atoms with E-state index in [0.717, 1.165) is 12.8 Å². The first-order chi connectivity index (χ1) is 12.7. The van der Waals surface area contributed by atoms with Crippen LogP contribution in [0.3, 0.4) is 0 Å². The summed E-state index contributed by atoms with van der Waals surface area (Å²) in [6.45, 7) is 0.629. The first-order valence-electron chi connectivity index (χ1n) is 8.49. The second-order valence-corrected chi connectivity index (χ2v) is 7.29. The summed E-state index contributed by atoms with van der Waals surface area (Å²) in [6.07, 6.45) is 3.55. The maximum Gasteiger partial charge on any atom is 0.291 e. The average Bonchev–Trinajstić information content (AvgIpc) is 3.13. The van der Waals surface area contributed by atoms with E-state index in [-0.39, 0.29) is 17.6 Å². The highest BCUT2D eigenvalue weighted by molar-refractivity contribution is 7.09. The van der Waals surface area contributed by atoms with Crippen molar-refractivity contribution in [1.82, 2.24) is 4.90 Å². The molecule has 4 rings (SSSR count). The third-order valence-electron chi connectivity index (χ3n) is 4.27. The molecule has 0 radical (unpaired) electrons. The molecular formula is C20H18N2O3S. The van der Waals surface area contributed by atoms with Crippen molar-refractivity contribution in [1.29, 1.82) is 0 Å². The molecule has 132 valence electrons. The lowest BCUT2D eigenvalue weighted by molar-refractivity contribution is 0.0731. The summed E-state index contributed by atoms with van der Waals surface area (Å²) in [7, 11) is 0.